The molecule has 0 atom stereocenters. The second-order valence-electron chi connectivity index (χ2n) is 3.32. The van der Waals surface area contributed by atoms with E-state index in [-0.39, 0.29) is 0 Å². The lowest BCUT2D eigenvalue weighted by atomic mass is 10.0. The summed E-state index contributed by atoms with van der Waals surface area (Å²) in [5.41, 5.74) is 9.02. The molecule has 0 aliphatic carbocycles. The first-order valence-electron chi connectivity index (χ1n) is 4.80. The zero-order valence-electron chi connectivity index (χ0n) is 8.60. The van der Waals surface area contributed by atoms with Crippen LogP contribution in [-0.4, -0.2) is 6.26 Å². The van der Waals surface area contributed by atoms with E-state index in [4.69, 9.17) is 5.73 Å². The summed E-state index contributed by atoms with van der Waals surface area (Å²) in [5.74, 6) is 0. The van der Waals surface area contributed by atoms with Crippen molar-refractivity contribution in [3.05, 3.63) is 48.5 Å². The van der Waals surface area contributed by atoms with E-state index in [1.807, 2.05) is 24.3 Å². The highest BCUT2D eigenvalue weighted by Gasteiger charge is 2.00. The van der Waals surface area contributed by atoms with Gasteiger partial charge < -0.3 is 5.73 Å². The smallest absolute Gasteiger partial charge is 0.0393 e. The molecule has 0 aromatic heterocycles. The molecule has 2 heteroatoms. The van der Waals surface area contributed by atoms with Crippen LogP contribution in [0.4, 0.5) is 5.69 Å². The third-order valence-electron chi connectivity index (χ3n) is 2.36. The fourth-order valence-corrected chi connectivity index (χ4v) is 1.94. The number of hydrogen-bond acceptors (Lipinski definition) is 2. The molecule has 1 nitrogen and oxygen atoms in total. The number of nitrogen functional groups attached to an aromatic ring is 1. The molecule has 0 saturated heterocycles. The molecule has 0 unspecified atom stereocenters. The molecule has 0 heterocycles. The Morgan fingerprint density at radius 3 is 2.20 bits per heavy atom. The zero-order chi connectivity index (χ0) is 10.7. The van der Waals surface area contributed by atoms with Crippen LogP contribution in [0.5, 0.6) is 0 Å². The molecule has 0 amide bonds. The summed E-state index contributed by atoms with van der Waals surface area (Å²) in [5, 5.41) is 0. The van der Waals surface area contributed by atoms with Crippen molar-refractivity contribution in [3.8, 4) is 11.1 Å². The van der Waals surface area contributed by atoms with Gasteiger partial charge in [-0.2, -0.15) is 0 Å². The molecule has 0 fully saturated rings. The van der Waals surface area contributed by atoms with E-state index in [0.717, 1.165) is 11.3 Å². The van der Waals surface area contributed by atoms with Gasteiger partial charge in [-0.05, 0) is 30.0 Å². The Hall–Kier alpha value is -1.41. The van der Waals surface area contributed by atoms with Crippen molar-refractivity contribution in [1.82, 2.24) is 0 Å². The maximum absolute atomic E-state index is 5.92. The molecular formula is C13H13NS. The van der Waals surface area contributed by atoms with Gasteiger partial charge in [0, 0.05) is 16.1 Å². The van der Waals surface area contributed by atoms with Crippen LogP contribution in [0.2, 0.25) is 0 Å². The van der Waals surface area contributed by atoms with Crippen molar-refractivity contribution in [1.29, 1.82) is 0 Å². The summed E-state index contributed by atoms with van der Waals surface area (Å²) in [4.78, 5) is 1.27. The van der Waals surface area contributed by atoms with E-state index in [2.05, 4.69) is 30.5 Å². The molecule has 76 valence electrons. The van der Waals surface area contributed by atoms with Crippen LogP contribution in [-0.2, 0) is 0 Å². The average Bonchev–Trinajstić information content (AvgIpc) is 2.30. The summed E-state index contributed by atoms with van der Waals surface area (Å²) in [6.45, 7) is 0. The molecule has 0 bridgehead atoms. The van der Waals surface area contributed by atoms with Gasteiger partial charge in [-0.1, -0.05) is 30.3 Å². The number of nitrogens with two attached hydrogens (primary N) is 1. The minimum absolute atomic E-state index is 0.828. The van der Waals surface area contributed by atoms with Gasteiger partial charge in [0.2, 0.25) is 0 Å². The lowest BCUT2D eigenvalue weighted by Gasteiger charge is -2.05. The lowest BCUT2D eigenvalue weighted by Crippen LogP contribution is -1.88. The van der Waals surface area contributed by atoms with Gasteiger partial charge in [0.05, 0.1) is 0 Å². The van der Waals surface area contributed by atoms with Gasteiger partial charge in [0.1, 0.15) is 0 Å². The minimum atomic E-state index is 0.828. The molecule has 2 aromatic carbocycles. The SMILES string of the molecule is CSc1ccc(-c2ccccc2N)cc1. The van der Waals surface area contributed by atoms with Crippen molar-refractivity contribution < 1.29 is 0 Å². The number of anilines is 1. The molecule has 2 rings (SSSR count). The molecule has 0 saturated carbocycles. The van der Waals surface area contributed by atoms with Crippen LogP contribution in [0.1, 0.15) is 0 Å². The third-order valence-corrected chi connectivity index (χ3v) is 3.11. The number of para-hydroxylation sites is 1. The number of hydrogen-bond donors (Lipinski definition) is 1. The Kier molecular flexibility index (Phi) is 2.97. The van der Waals surface area contributed by atoms with Crippen LogP contribution in [0, 0.1) is 0 Å². The van der Waals surface area contributed by atoms with Crippen molar-refractivity contribution in [2.75, 3.05) is 12.0 Å². The molecule has 0 spiro atoms. The number of thioether (sulfide) groups is 1. The van der Waals surface area contributed by atoms with Crippen molar-refractivity contribution in [2.45, 2.75) is 4.90 Å². The monoisotopic (exact) mass is 215 g/mol. The summed E-state index contributed by atoms with van der Waals surface area (Å²) in [6, 6.07) is 16.4. The fraction of sp³-hybridized carbons (Fsp3) is 0.0769. The van der Waals surface area contributed by atoms with E-state index < -0.39 is 0 Å². The number of benzene rings is 2. The lowest BCUT2D eigenvalue weighted by molar-refractivity contribution is 1.46. The van der Waals surface area contributed by atoms with Gasteiger partial charge >= 0.3 is 0 Å². The molecule has 0 aliphatic rings. The first kappa shape index (κ1) is 10.1. The van der Waals surface area contributed by atoms with Crippen molar-refractivity contribution in [3.63, 3.8) is 0 Å². The largest absolute Gasteiger partial charge is 0.398 e. The standard InChI is InChI=1S/C13H13NS/c1-15-11-8-6-10(7-9-11)12-4-2-3-5-13(12)14/h2-9H,14H2,1H3. The van der Waals surface area contributed by atoms with Crippen molar-refractivity contribution in [2.24, 2.45) is 0 Å². The molecular weight excluding hydrogens is 202 g/mol. The van der Waals surface area contributed by atoms with Gasteiger partial charge in [-0.25, -0.2) is 0 Å². The number of rotatable bonds is 2. The Morgan fingerprint density at radius 1 is 0.933 bits per heavy atom. The molecule has 2 N–H and O–H groups in total. The summed E-state index contributed by atoms with van der Waals surface area (Å²) in [6.07, 6.45) is 2.08. The summed E-state index contributed by atoms with van der Waals surface area (Å²) in [7, 11) is 0. The van der Waals surface area contributed by atoms with Crippen LogP contribution >= 0.6 is 11.8 Å². The zero-order valence-corrected chi connectivity index (χ0v) is 9.42. The van der Waals surface area contributed by atoms with Gasteiger partial charge in [0.25, 0.3) is 0 Å². The van der Waals surface area contributed by atoms with E-state index in [0.29, 0.717) is 0 Å². The van der Waals surface area contributed by atoms with Gasteiger partial charge in [0.15, 0.2) is 0 Å². The maximum atomic E-state index is 5.92. The van der Waals surface area contributed by atoms with E-state index in [1.54, 1.807) is 11.8 Å². The second-order valence-corrected chi connectivity index (χ2v) is 4.20. The minimum Gasteiger partial charge on any atom is -0.398 e. The molecule has 15 heavy (non-hydrogen) atoms. The second kappa shape index (κ2) is 4.41. The summed E-state index contributed by atoms with van der Waals surface area (Å²) < 4.78 is 0. The highest BCUT2D eigenvalue weighted by atomic mass is 32.2. The Bertz CT molecular complexity index is 448. The quantitative estimate of drug-likeness (QED) is 0.611. The van der Waals surface area contributed by atoms with E-state index in [1.165, 1.54) is 10.5 Å². The van der Waals surface area contributed by atoms with E-state index >= 15 is 0 Å². The van der Waals surface area contributed by atoms with Crippen LogP contribution < -0.4 is 5.73 Å². The maximum Gasteiger partial charge on any atom is 0.0393 e. The first-order valence-corrected chi connectivity index (χ1v) is 6.02. The van der Waals surface area contributed by atoms with Crippen LogP contribution in [0.15, 0.2) is 53.4 Å². The fourth-order valence-electron chi connectivity index (χ4n) is 1.53. The highest BCUT2D eigenvalue weighted by Crippen LogP contribution is 2.27. The Labute approximate surface area is 94.3 Å². The van der Waals surface area contributed by atoms with Crippen LogP contribution in [0.25, 0.3) is 11.1 Å². The topological polar surface area (TPSA) is 26.0 Å². The molecule has 2 aromatic rings. The Morgan fingerprint density at radius 2 is 1.60 bits per heavy atom. The summed E-state index contributed by atoms with van der Waals surface area (Å²) >= 11 is 1.75. The first-order chi connectivity index (χ1) is 7.31. The van der Waals surface area contributed by atoms with Gasteiger partial charge in [-0.15, -0.1) is 11.8 Å². The predicted molar refractivity (Wildman–Crippen MR) is 68.1 cm³/mol. The molecule has 0 radical (unpaired) electrons. The van der Waals surface area contributed by atoms with Crippen LogP contribution in [0.3, 0.4) is 0 Å². The highest BCUT2D eigenvalue weighted by molar-refractivity contribution is 7.98. The van der Waals surface area contributed by atoms with Crippen molar-refractivity contribution >= 4 is 17.4 Å². The average molecular weight is 215 g/mol. The Balaban J connectivity index is 2.42. The molecule has 0 aliphatic heterocycles. The normalized spacial score (nSPS) is 10.2. The third kappa shape index (κ3) is 2.16. The predicted octanol–water partition coefficient (Wildman–Crippen LogP) is 3.66. The van der Waals surface area contributed by atoms with E-state index in [9.17, 15) is 0 Å². The van der Waals surface area contributed by atoms with Gasteiger partial charge in [-0.3, -0.25) is 0 Å².